The standard InChI is InChI=1S/C14H12NO6P/c1-10(11-6-2-3-7-12(11)15(17)18)20-22(19)21-14-9-5-4-8-13(14)16/h2-10H,1H3/p+1. The SMILES string of the molecule is CC(O[P+](=O)Oc1ccccc1O)c1ccccc1[N+](=O)[O-]. The average molecular weight is 322 g/mol. The molecule has 2 aromatic rings. The number of phenols is 1. The maximum absolute atomic E-state index is 11.9. The number of nitrogens with zero attached hydrogens (tertiary/aromatic N) is 1. The number of nitro groups is 1. The third kappa shape index (κ3) is 3.78. The fourth-order valence-corrected chi connectivity index (χ4v) is 2.55. The van der Waals surface area contributed by atoms with Gasteiger partial charge in [-0.05, 0) is 25.1 Å². The summed E-state index contributed by atoms with van der Waals surface area (Å²) >= 11 is 0. The minimum absolute atomic E-state index is 0.0124. The van der Waals surface area contributed by atoms with E-state index < -0.39 is 19.3 Å². The van der Waals surface area contributed by atoms with E-state index in [0.717, 1.165) is 0 Å². The van der Waals surface area contributed by atoms with Gasteiger partial charge in [0.15, 0.2) is 5.75 Å². The highest BCUT2D eigenvalue weighted by Gasteiger charge is 2.31. The summed E-state index contributed by atoms with van der Waals surface area (Å²) in [5.41, 5.74) is 0.165. The van der Waals surface area contributed by atoms with Gasteiger partial charge in [-0.2, -0.15) is 0 Å². The molecule has 7 nitrogen and oxygen atoms in total. The van der Waals surface area contributed by atoms with E-state index in [4.69, 9.17) is 9.05 Å². The number of para-hydroxylation sites is 3. The predicted molar refractivity (Wildman–Crippen MR) is 78.9 cm³/mol. The fourth-order valence-electron chi connectivity index (χ4n) is 1.82. The van der Waals surface area contributed by atoms with Gasteiger partial charge in [-0.15, -0.1) is 4.52 Å². The molecule has 2 rings (SSSR count). The van der Waals surface area contributed by atoms with Crippen molar-refractivity contribution >= 4 is 13.9 Å². The van der Waals surface area contributed by atoms with Gasteiger partial charge in [0, 0.05) is 10.6 Å². The van der Waals surface area contributed by atoms with Gasteiger partial charge in [0.2, 0.25) is 5.75 Å². The largest absolute Gasteiger partial charge is 0.750 e. The molecule has 0 aliphatic heterocycles. The highest BCUT2D eigenvalue weighted by atomic mass is 31.1. The fraction of sp³-hybridized carbons (Fsp3) is 0.143. The molecule has 2 atom stereocenters. The van der Waals surface area contributed by atoms with Crippen molar-refractivity contribution in [2.75, 3.05) is 0 Å². The van der Waals surface area contributed by atoms with Crippen molar-refractivity contribution in [3.63, 3.8) is 0 Å². The van der Waals surface area contributed by atoms with Crippen molar-refractivity contribution in [1.82, 2.24) is 0 Å². The first-order chi connectivity index (χ1) is 10.5. The minimum atomic E-state index is -2.60. The van der Waals surface area contributed by atoms with Crippen LogP contribution in [0.3, 0.4) is 0 Å². The molecule has 0 saturated carbocycles. The van der Waals surface area contributed by atoms with E-state index in [9.17, 15) is 19.8 Å². The van der Waals surface area contributed by atoms with Gasteiger partial charge in [0.1, 0.15) is 6.10 Å². The lowest BCUT2D eigenvalue weighted by Crippen LogP contribution is -2.01. The molecule has 8 heteroatoms. The van der Waals surface area contributed by atoms with Crippen LogP contribution in [0.1, 0.15) is 18.6 Å². The van der Waals surface area contributed by atoms with E-state index in [2.05, 4.69) is 0 Å². The van der Waals surface area contributed by atoms with Crippen LogP contribution in [0.15, 0.2) is 48.5 Å². The number of hydrogen-bond donors (Lipinski definition) is 1. The second-order valence-corrected chi connectivity index (χ2v) is 5.19. The Hall–Kier alpha value is -2.50. The third-order valence-electron chi connectivity index (χ3n) is 2.85. The monoisotopic (exact) mass is 322 g/mol. The highest BCUT2D eigenvalue weighted by molar-refractivity contribution is 7.33. The zero-order valence-electron chi connectivity index (χ0n) is 11.6. The molecule has 114 valence electrons. The number of phenolic OH excluding ortho intramolecular Hbond substituents is 1. The van der Waals surface area contributed by atoms with Crippen molar-refractivity contribution in [2.24, 2.45) is 0 Å². The van der Waals surface area contributed by atoms with Crippen LogP contribution in [-0.2, 0) is 9.09 Å². The molecule has 0 aliphatic rings. The van der Waals surface area contributed by atoms with Crippen LogP contribution in [0, 0.1) is 10.1 Å². The van der Waals surface area contributed by atoms with Gasteiger partial charge in [0.05, 0.1) is 10.5 Å². The summed E-state index contributed by atoms with van der Waals surface area (Å²) in [6, 6.07) is 12.0. The number of nitro benzene ring substituents is 1. The Kier molecular flexibility index (Phi) is 5.04. The van der Waals surface area contributed by atoms with E-state index in [1.54, 1.807) is 18.2 Å². The van der Waals surface area contributed by atoms with E-state index >= 15 is 0 Å². The van der Waals surface area contributed by atoms with Crippen LogP contribution in [0.25, 0.3) is 0 Å². The number of rotatable bonds is 6. The molecular formula is C14H13NO6P+. The lowest BCUT2D eigenvalue weighted by molar-refractivity contribution is -0.386. The first-order valence-corrected chi connectivity index (χ1v) is 7.42. The van der Waals surface area contributed by atoms with Gasteiger partial charge in [-0.1, -0.05) is 24.3 Å². The normalized spacial score (nSPS) is 12.5. The molecule has 0 saturated heterocycles. The second-order valence-electron chi connectivity index (χ2n) is 4.35. The Morgan fingerprint density at radius 3 is 2.50 bits per heavy atom. The quantitative estimate of drug-likeness (QED) is 0.488. The predicted octanol–water partition coefficient (Wildman–Crippen LogP) is 4.11. The summed E-state index contributed by atoms with van der Waals surface area (Å²) in [7, 11) is -2.60. The van der Waals surface area contributed by atoms with E-state index in [1.165, 1.54) is 37.3 Å². The molecule has 22 heavy (non-hydrogen) atoms. The van der Waals surface area contributed by atoms with Crippen LogP contribution in [0.5, 0.6) is 11.5 Å². The summed E-state index contributed by atoms with van der Waals surface area (Å²) in [6.45, 7) is 1.53. The summed E-state index contributed by atoms with van der Waals surface area (Å²) in [5, 5.41) is 20.5. The van der Waals surface area contributed by atoms with Crippen molar-refractivity contribution in [3.8, 4) is 11.5 Å². The van der Waals surface area contributed by atoms with Crippen molar-refractivity contribution in [3.05, 3.63) is 64.2 Å². The molecule has 0 aromatic heterocycles. The summed E-state index contributed by atoms with van der Waals surface area (Å²) in [6.07, 6.45) is -0.809. The topological polar surface area (TPSA) is 98.9 Å². The lowest BCUT2D eigenvalue weighted by Gasteiger charge is -2.05. The maximum atomic E-state index is 11.9. The number of benzene rings is 2. The minimum Gasteiger partial charge on any atom is -0.504 e. The molecule has 0 heterocycles. The summed E-state index contributed by atoms with van der Waals surface area (Å²) < 4.78 is 22.0. The third-order valence-corrected chi connectivity index (χ3v) is 3.69. The van der Waals surface area contributed by atoms with E-state index in [0.29, 0.717) is 0 Å². The zero-order chi connectivity index (χ0) is 16.1. The summed E-state index contributed by atoms with van der Waals surface area (Å²) in [5.74, 6) is -0.161. The molecule has 2 unspecified atom stereocenters. The van der Waals surface area contributed by atoms with E-state index in [-0.39, 0.29) is 22.7 Å². The molecular weight excluding hydrogens is 309 g/mol. The molecule has 1 N–H and O–H groups in total. The number of aromatic hydroxyl groups is 1. The van der Waals surface area contributed by atoms with Crippen LogP contribution in [0.2, 0.25) is 0 Å². The molecule has 0 radical (unpaired) electrons. The Morgan fingerprint density at radius 1 is 1.18 bits per heavy atom. The average Bonchev–Trinajstić information content (AvgIpc) is 2.49. The maximum Gasteiger partial charge on any atom is 0.750 e. The first-order valence-electron chi connectivity index (χ1n) is 6.32. The van der Waals surface area contributed by atoms with Gasteiger partial charge in [-0.25, -0.2) is 4.52 Å². The van der Waals surface area contributed by atoms with Crippen LogP contribution < -0.4 is 4.52 Å². The molecule has 0 spiro atoms. The van der Waals surface area contributed by atoms with Crippen LogP contribution in [0.4, 0.5) is 5.69 Å². The molecule has 0 bridgehead atoms. The van der Waals surface area contributed by atoms with Gasteiger partial charge < -0.3 is 5.11 Å². The van der Waals surface area contributed by atoms with Gasteiger partial charge in [0.25, 0.3) is 5.69 Å². The molecule has 0 fully saturated rings. The van der Waals surface area contributed by atoms with Crippen molar-refractivity contribution in [1.29, 1.82) is 0 Å². The Bertz CT molecular complexity index is 705. The van der Waals surface area contributed by atoms with Crippen LogP contribution >= 0.6 is 8.25 Å². The van der Waals surface area contributed by atoms with Gasteiger partial charge >= 0.3 is 8.25 Å². The molecule has 0 aliphatic carbocycles. The number of hydrogen-bond acceptors (Lipinski definition) is 6. The van der Waals surface area contributed by atoms with Crippen molar-refractivity contribution in [2.45, 2.75) is 13.0 Å². The Morgan fingerprint density at radius 2 is 1.82 bits per heavy atom. The first kappa shape index (κ1) is 15.9. The zero-order valence-corrected chi connectivity index (χ0v) is 12.5. The van der Waals surface area contributed by atoms with Crippen molar-refractivity contribution < 1.29 is 23.6 Å². The molecule has 0 amide bonds. The second kappa shape index (κ2) is 6.98. The smallest absolute Gasteiger partial charge is 0.504 e. The Labute approximate surface area is 127 Å². The summed E-state index contributed by atoms with van der Waals surface area (Å²) in [4.78, 5) is 10.4. The lowest BCUT2D eigenvalue weighted by atomic mass is 10.1. The Balaban J connectivity index is 2.09. The molecule has 2 aromatic carbocycles. The van der Waals surface area contributed by atoms with Crippen LogP contribution in [-0.4, -0.2) is 10.0 Å². The highest BCUT2D eigenvalue weighted by Crippen LogP contribution is 2.39. The van der Waals surface area contributed by atoms with Gasteiger partial charge in [-0.3, -0.25) is 10.1 Å². The van der Waals surface area contributed by atoms with E-state index in [1.807, 2.05) is 0 Å².